The number of carboxylic acid groups (broad SMARTS) is 2. The van der Waals surface area contributed by atoms with E-state index in [2.05, 4.69) is 4.98 Å². The number of nitrogens with one attached hydrogen (secondary N) is 1. The third-order valence-electron chi connectivity index (χ3n) is 5.08. The maximum atomic E-state index is 12.4. The predicted molar refractivity (Wildman–Crippen MR) is 118 cm³/mol. The molecule has 10 heteroatoms. The predicted octanol–water partition coefficient (Wildman–Crippen LogP) is 2.31. The molecule has 2 aromatic rings. The summed E-state index contributed by atoms with van der Waals surface area (Å²) in [6.45, 7) is 1.91. The molecule has 5 N–H and O–H groups in total. The van der Waals surface area contributed by atoms with Crippen LogP contribution >= 0.6 is 0 Å². The summed E-state index contributed by atoms with van der Waals surface area (Å²) in [6, 6.07) is 5.81. The summed E-state index contributed by atoms with van der Waals surface area (Å²) < 4.78 is 26.4. The van der Waals surface area contributed by atoms with E-state index in [0.29, 0.717) is 32.5 Å². The summed E-state index contributed by atoms with van der Waals surface area (Å²) in [5.74, 6) is -1.66. The first-order valence-electron chi connectivity index (χ1n) is 10.4. The molecule has 1 saturated heterocycles. The summed E-state index contributed by atoms with van der Waals surface area (Å²) in [5, 5.41) is 17.3. The average Bonchev–Trinajstić information content (AvgIpc) is 3.37. The number of nitrogens with two attached hydrogens (primary N) is 1. The number of aromatic nitrogens is 1. The van der Waals surface area contributed by atoms with Gasteiger partial charge in [-0.25, -0.2) is 12.7 Å². The summed E-state index contributed by atoms with van der Waals surface area (Å²) in [7, 11) is -3.19. The molecule has 1 aromatic carbocycles. The van der Waals surface area contributed by atoms with Gasteiger partial charge in [0.05, 0.1) is 5.75 Å². The molecule has 1 fully saturated rings. The van der Waals surface area contributed by atoms with Crippen LogP contribution in [-0.4, -0.2) is 59.5 Å². The van der Waals surface area contributed by atoms with Crippen LogP contribution in [0, 0.1) is 0 Å². The number of nitrogens with zero attached hydrogens (tertiary/aromatic N) is 1. The smallest absolute Gasteiger partial charge is 0.303 e. The SMILES string of the molecule is NCCc1c[nH]c2ccc(CS(=O)(=O)N3CCCC3)cc12.O=C(O)CCCCC(=O)O. The molecule has 0 bridgehead atoms. The number of H-pyrrole nitrogens is 1. The maximum Gasteiger partial charge on any atom is 0.303 e. The van der Waals surface area contributed by atoms with Gasteiger partial charge in [0.25, 0.3) is 0 Å². The van der Waals surface area contributed by atoms with E-state index in [0.717, 1.165) is 41.3 Å². The van der Waals surface area contributed by atoms with Crippen molar-refractivity contribution in [3.63, 3.8) is 0 Å². The Bertz CT molecular complexity index is 964. The summed E-state index contributed by atoms with van der Waals surface area (Å²) in [6.07, 6.45) is 5.70. The number of sulfonamides is 1. The molecule has 2 heterocycles. The van der Waals surface area contributed by atoms with Gasteiger partial charge in [0.1, 0.15) is 0 Å². The minimum absolute atomic E-state index is 0.0628. The van der Waals surface area contributed by atoms with E-state index in [1.54, 1.807) is 4.31 Å². The number of benzene rings is 1. The monoisotopic (exact) mass is 453 g/mol. The van der Waals surface area contributed by atoms with Crippen molar-refractivity contribution in [2.24, 2.45) is 5.73 Å². The van der Waals surface area contributed by atoms with Gasteiger partial charge < -0.3 is 20.9 Å². The third kappa shape index (κ3) is 7.97. The molecular weight excluding hydrogens is 422 g/mol. The van der Waals surface area contributed by atoms with Gasteiger partial charge in [-0.2, -0.15) is 0 Å². The Morgan fingerprint density at radius 2 is 1.68 bits per heavy atom. The van der Waals surface area contributed by atoms with Crippen LogP contribution in [0.2, 0.25) is 0 Å². The lowest BCUT2D eigenvalue weighted by molar-refractivity contribution is -0.139. The van der Waals surface area contributed by atoms with E-state index in [1.165, 1.54) is 0 Å². The van der Waals surface area contributed by atoms with Gasteiger partial charge in [0.15, 0.2) is 0 Å². The van der Waals surface area contributed by atoms with E-state index < -0.39 is 22.0 Å². The third-order valence-corrected chi connectivity index (χ3v) is 6.93. The molecular formula is C21H31N3O6S. The van der Waals surface area contributed by atoms with E-state index in [4.69, 9.17) is 15.9 Å². The molecule has 172 valence electrons. The zero-order valence-electron chi connectivity index (χ0n) is 17.5. The normalized spacial score (nSPS) is 14.4. The minimum atomic E-state index is -3.19. The molecule has 1 aliphatic heterocycles. The van der Waals surface area contributed by atoms with Crippen molar-refractivity contribution in [1.29, 1.82) is 0 Å². The van der Waals surface area contributed by atoms with Crippen molar-refractivity contribution in [3.05, 3.63) is 35.5 Å². The van der Waals surface area contributed by atoms with Gasteiger partial charge in [-0.3, -0.25) is 9.59 Å². The number of fused-ring (bicyclic) bond motifs is 1. The number of rotatable bonds is 10. The van der Waals surface area contributed by atoms with Crippen molar-refractivity contribution in [2.75, 3.05) is 19.6 Å². The standard InChI is InChI=1S/C15H21N3O2S.C6H10O4/c16-6-5-13-10-17-15-4-3-12(9-14(13)15)11-21(19,20)18-7-1-2-8-18;7-5(8)3-1-2-4-6(9)10/h3-4,9-10,17H,1-2,5-8,11,16H2;1-4H2,(H,7,8)(H,9,10). The van der Waals surface area contributed by atoms with Crippen molar-refractivity contribution in [2.45, 2.75) is 50.7 Å². The highest BCUT2D eigenvalue weighted by Gasteiger charge is 2.25. The van der Waals surface area contributed by atoms with E-state index in [9.17, 15) is 18.0 Å². The fourth-order valence-electron chi connectivity index (χ4n) is 3.50. The number of hydrogen-bond acceptors (Lipinski definition) is 5. The zero-order valence-corrected chi connectivity index (χ0v) is 18.4. The molecule has 9 nitrogen and oxygen atoms in total. The van der Waals surface area contributed by atoms with E-state index in [1.807, 2.05) is 24.4 Å². The quantitative estimate of drug-likeness (QED) is 0.402. The first-order chi connectivity index (χ1) is 14.7. The molecule has 0 atom stereocenters. The van der Waals surface area contributed by atoms with Gasteiger partial charge in [0, 0.05) is 43.0 Å². The van der Waals surface area contributed by atoms with Gasteiger partial charge in [-0.1, -0.05) is 6.07 Å². The lowest BCUT2D eigenvalue weighted by Crippen LogP contribution is -2.29. The largest absolute Gasteiger partial charge is 0.481 e. The first-order valence-corrected chi connectivity index (χ1v) is 12.0. The Balaban J connectivity index is 0.000000291. The lowest BCUT2D eigenvalue weighted by Gasteiger charge is -2.15. The van der Waals surface area contributed by atoms with Crippen LogP contribution in [0.4, 0.5) is 0 Å². The Kier molecular flexibility index (Phi) is 9.47. The summed E-state index contributed by atoms with van der Waals surface area (Å²) in [5.41, 5.74) is 8.63. The van der Waals surface area contributed by atoms with E-state index >= 15 is 0 Å². The van der Waals surface area contributed by atoms with Crippen LogP contribution in [0.5, 0.6) is 0 Å². The highest BCUT2D eigenvalue weighted by Crippen LogP contribution is 2.23. The fraction of sp³-hybridized carbons (Fsp3) is 0.524. The maximum absolute atomic E-state index is 12.4. The lowest BCUT2D eigenvalue weighted by atomic mass is 10.1. The average molecular weight is 454 g/mol. The Morgan fingerprint density at radius 3 is 2.23 bits per heavy atom. The van der Waals surface area contributed by atoms with Crippen molar-refractivity contribution >= 4 is 32.9 Å². The second-order valence-electron chi connectivity index (χ2n) is 7.59. The molecule has 1 aliphatic rings. The van der Waals surface area contributed by atoms with Crippen molar-refractivity contribution in [1.82, 2.24) is 9.29 Å². The van der Waals surface area contributed by atoms with E-state index in [-0.39, 0.29) is 18.6 Å². The Labute approximate surface area is 182 Å². The topological polar surface area (TPSA) is 154 Å². The molecule has 0 saturated carbocycles. The Hall–Kier alpha value is -2.43. The molecule has 0 spiro atoms. The van der Waals surface area contributed by atoms with Crippen molar-refractivity contribution < 1.29 is 28.2 Å². The van der Waals surface area contributed by atoms with Crippen LogP contribution in [0.3, 0.4) is 0 Å². The van der Waals surface area contributed by atoms with Crippen LogP contribution in [0.1, 0.15) is 49.7 Å². The molecule has 0 amide bonds. The zero-order chi connectivity index (χ0) is 22.9. The van der Waals surface area contributed by atoms with Crippen LogP contribution in [0.15, 0.2) is 24.4 Å². The second-order valence-corrected chi connectivity index (χ2v) is 9.56. The van der Waals surface area contributed by atoms with Gasteiger partial charge in [-0.15, -0.1) is 0 Å². The fourth-order valence-corrected chi connectivity index (χ4v) is 5.10. The van der Waals surface area contributed by atoms with Crippen molar-refractivity contribution in [3.8, 4) is 0 Å². The number of aromatic amines is 1. The molecule has 31 heavy (non-hydrogen) atoms. The number of unbranched alkanes of at least 4 members (excludes halogenated alkanes) is 1. The molecule has 0 radical (unpaired) electrons. The molecule has 3 rings (SSSR count). The van der Waals surface area contributed by atoms with Gasteiger partial charge >= 0.3 is 11.9 Å². The highest BCUT2D eigenvalue weighted by molar-refractivity contribution is 7.88. The number of carbonyl (C=O) groups is 2. The molecule has 0 aliphatic carbocycles. The molecule has 1 aromatic heterocycles. The minimum Gasteiger partial charge on any atom is -0.481 e. The highest BCUT2D eigenvalue weighted by atomic mass is 32.2. The van der Waals surface area contributed by atoms with Crippen LogP contribution in [-0.2, 0) is 31.8 Å². The summed E-state index contributed by atoms with van der Waals surface area (Å²) >= 11 is 0. The van der Waals surface area contributed by atoms with Gasteiger partial charge in [-0.05, 0) is 61.9 Å². The Morgan fingerprint density at radius 1 is 1.06 bits per heavy atom. The van der Waals surface area contributed by atoms with Crippen LogP contribution in [0.25, 0.3) is 10.9 Å². The van der Waals surface area contributed by atoms with Gasteiger partial charge in [0.2, 0.25) is 10.0 Å². The second kappa shape index (κ2) is 11.8. The number of aliphatic carboxylic acids is 2. The first kappa shape index (κ1) is 24.8. The number of carboxylic acids is 2. The van der Waals surface area contributed by atoms with Crippen LogP contribution < -0.4 is 5.73 Å². The molecule has 0 unspecified atom stereocenters. The summed E-state index contributed by atoms with van der Waals surface area (Å²) in [4.78, 5) is 23.0. The number of hydrogen-bond donors (Lipinski definition) is 4.